The van der Waals surface area contributed by atoms with Gasteiger partial charge in [-0.2, -0.15) is 4.52 Å². The number of aromatic carboxylic acids is 1. The largest absolute Gasteiger partial charge is 0.545 e. The summed E-state index contributed by atoms with van der Waals surface area (Å²) in [5.41, 5.74) is 1.59. The van der Waals surface area contributed by atoms with Gasteiger partial charge in [-0.05, 0) is 18.3 Å². The molecule has 0 spiro atoms. The first-order valence-electron chi connectivity index (χ1n) is 5.57. The smallest absolute Gasteiger partial charge is 0.255 e. The zero-order valence-corrected chi connectivity index (χ0v) is 9.52. The minimum Gasteiger partial charge on any atom is -0.545 e. The molecule has 0 aliphatic carbocycles. The molecule has 0 aliphatic heterocycles. The molecule has 92 valence electrons. The molecule has 0 fully saturated rings. The molecule has 0 saturated carbocycles. The van der Waals surface area contributed by atoms with Gasteiger partial charge < -0.3 is 14.9 Å². The monoisotopic (exact) mass is 252 g/mol. The molecule has 7 nitrogen and oxygen atoms in total. The van der Waals surface area contributed by atoms with E-state index >= 15 is 0 Å². The summed E-state index contributed by atoms with van der Waals surface area (Å²) in [6.45, 7) is 0. The van der Waals surface area contributed by atoms with E-state index in [-0.39, 0.29) is 5.56 Å². The van der Waals surface area contributed by atoms with E-state index in [1.165, 1.54) is 16.9 Å². The van der Waals surface area contributed by atoms with Crippen LogP contribution in [0.1, 0.15) is 10.4 Å². The predicted molar refractivity (Wildman–Crippen MR) is 61.3 cm³/mol. The molecule has 0 amide bonds. The predicted octanol–water partition coefficient (Wildman–Crippen LogP) is -1.06. The highest BCUT2D eigenvalue weighted by Crippen LogP contribution is 2.16. The van der Waals surface area contributed by atoms with Crippen molar-refractivity contribution >= 4 is 28.2 Å². The molecule has 3 aromatic heterocycles. The van der Waals surface area contributed by atoms with E-state index in [1.807, 2.05) is 6.07 Å². The van der Waals surface area contributed by atoms with Crippen molar-refractivity contribution in [2.24, 2.45) is 0 Å². The van der Waals surface area contributed by atoms with Crippen LogP contribution in [-0.2, 0) is 0 Å². The molecule has 0 saturated heterocycles. The van der Waals surface area contributed by atoms with Crippen LogP contribution in [0.4, 0.5) is 0 Å². The topological polar surface area (TPSA) is 88.5 Å². The van der Waals surface area contributed by atoms with Gasteiger partial charge in [0, 0.05) is 12.4 Å². The van der Waals surface area contributed by atoms with Crippen LogP contribution in [0.5, 0.6) is 0 Å². The lowest BCUT2D eigenvalue weighted by molar-refractivity contribution is -0.650. The van der Waals surface area contributed by atoms with Crippen molar-refractivity contribution in [1.29, 1.82) is 0 Å². The normalized spacial score (nSPS) is 11.6. The fraction of sp³-hybridized carbons (Fsp3) is 0. The van der Waals surface area contributed by atoms with Gasteiger partial charge in [0.25, 0.3) is 5.52 Å². The van der Waals surface area contributed by atoms with Crippen LogP contribution < -0.4 is 14.8 Å². The second-order valence-corrected chi connectivity index (χ2v) is 4.10. The van der Waals surface area contributed by atoms with Gasteiger partial charge in [-0.3, -0.25) is 0 Å². The van der Waals surface area contributed by atoms with Crippen molar-refractivity contribution < 1.29 is 14.5 Å². The summed E-state index contributed by atoms with van der Waals surface area (Å²) in [4.78, 5) is 19.5. The summed E-state index contributed by atoms with van der Waals surface area (Å²) in [5, 5.41) is 16.2. The number of nitrogens with zero attached hydrogens (tertiary/aromatic N) is 5. The van der Waals surface area contributed by atoms with E-state index in [0.717, 1.165) is 5.39 Å². The van der Waals surface area contributed by atoms with Crippen LogP contribution in [0.3, 0.4) is 0 Å². The summed E-state index contributed by atoms with van der Waals surface area (Å²) in [5.74, 6) is -1.24. The molecular weight excluding hydrogens is 246 g/mol. The third kappa shape index (κ3) is 1.21. The van der Waals surface area contributed by atoms with Crippen molar-refractivity contribution in [3.63, 3.8) is 0 Å². The third-order valence-corrected chi connectivity index (χ3v) is 3.02. The van der Waals surface area contributed by atoms with E-state index in [0.29, 0.717) is 16.8 Å². The number of para-hydroxylation sites is 1. The SMILES string of the molecule is O=C([O-])c1cccc2cn3c4nccnc4[n-][n+]3c12. The van der Waals surface area contributed by atoms with Crippen molar-refractivity contribution in [3.05, 3.63) is 42.4 Å². The second kappa shape index (κ2) is 3.29. The number of carboxylic acids is 1. The lowest BCUT2D eigenvalue weighted by atomic mass is 10.1. The second-order valence-electron chi connectivity index (χ2n) is 4.10. The van der Waals surface area contributed by atoms with Gasteiger partial charge in [-0.25, -0.2) is 4.98 Å². The molecule has 0 bridgehead atoms. The maximum absolute atomic E-state index is 11.2. The lowest BCUT2D eigenvalue weighted by Crippen LogP contribution is -2.33. The number of benzene rings is 1. The Morgan fingerprint density at radius 2 is 2.16 bits per heavy atom. The van der Waals surface area contributed by atoms with Crippen molar-refractivity contribution in [3.8, 4) is 0 Å². The van der Waals surface area contributed by atoms with E-state index in [2.05, 4.69) is 15.1 Å². The van der Waals surface area contributed by atoms with Gasteiger partial charge in [0.2, 0.25) is 0 Å². The molecule has 3 heterocycles. The van der Waals surface area contributed by atoms with Gasteiger partial charge in [0.1, 0.15) is 5.65 Å². The molecule has 0 N–H and O–H groups in total. The number of aromatic nitrogens is 5. The molecule has 19 heavy (non-hydrogen) atoms. The Morgan fingerprint density at radius 3 is 3.00 bits per heavy atom. The summed E-state index contributed by atoms with van der Waals surface area (Å²) < 4.78 is 3.14. The Bertz CT molecular complexity index is 953. The maximum Gasteiger partial charge on any atom is 0.255 e. The average Bonchev–Trinajstić information content (AvgIpc) is 2.94. The zero-order chi connectivity index (χ0) is 13.0. The lowest BCUT2D eigenvalue weighted by Gasteiger charge is -1.98. The first-order valence-corrected chi connectivity index (χ1v) is 5.57. The first-order chi connectivity index (χ1) is 9.25. The van der Waals surface area contributed by atoms with E-state index in [1.54, 1.807) is 23.0 Å². The number of hydrogen-bond acceptors (Lipinski definition) is 4. The zero-order valence-electron chi connectivity index (χ0n) is 9.52. The minimum absolute atomic E-state index is 0.0906. The van der Waals surface area contributed by atoms with Crippen molar-refractivity contribution in [2.75, 3.05) is 0 Å². The van der Waals surface area contributed by atoms with Gasteiger partial charge >= 0.3 is 0 Å². The fourth-order valence-electron chi connectivity index (χ4n) is 2.24. The Morgan fingerprint density at radius 1 is 1.32 bits per heavy atom. The minimum atomic E-state index is -1.24. The quantitative estimate of drug-likeness (QED) is 0.403. The first kappa shape index (κ1) is 10.0. The fourth-order valence-corrected chi connectivity index (χ4v) is 2.24. The standard InChI is InChI=1S/C12H7N5O2/c18-12(19)8-3-1-2-7-6-16-11-10(13-4-5-14-11)15-17(16)9(7)8/h1-6H,(H,18,19)/p-1. The average molecular weight is 252 g/mol. The third-order valence-electron chi connectivity index (χ3n) is 3.02. The summed E-state index contributed by atoms with van der Waals surface area (Å²) in [6.07, 6.45) is 4.87. The number of rotatable bonds is 1. The van der Waals surface area contributed by atoms with Gasteiger partial charge in [-0.15, -0.1) is 5.10 Å². The van der Waals surface area contributed by atoms with E-state index in [4.69, 9.17) is 0 Å². The van der Waals surface area contributed by atoms with Crippen LogP contribution in [0, 0.1) is 0 Å². The van der Waals surface area contributed by atoms with Gasteiger partial charge in [-0.1, -0.05) is 10.7 Å². The highest BCUT2D eigenvalue weighted by Gasteiger charge is 2.17. The van der Waals surface area contributed by atoms with Crippen LogP contribution in [-0.4, -0.2) is 20.5 Å². The van der Waals surface area contributed by atoms with Gasteiger partial charge in [0.05, 0.1) is 16.9 Å². The highest BCUT2D eigenvalue weighted by molar-refractivity contribution is 5.99. The molecule has 0 atom stereocenters. The summed E-state index contributed by atoms with van der Waals surface area (Å²) in [7, 11) is 0. The molecule has 4 rings (SSSR count). The molecular formula is C12H6N5O2-. The number of carboxylic acid groups (broad SMARTS) is 1. The van der Waals surface area contributed by atoms with Crippen molar-refractivity contribution in [2.45, 2.75) is 0 Å². The number of carbonyl (C=O) groups excluding carboxylic acids is 1. The summed E-state index contributed by atoms with van der Waals surface area (Å²) in [6, 6.07) is 4.97. The van der Waals surface area contributed by atoms with Crippen LogP contribution in [0.2, 0.25) is 0 Å². The molecule has 1 aromatic carbocycles. The van der Waals surface area contributed by atoms with Crippen LogP contribution in [0.25, 0.3) is 22.2 Å². The van der Waals surface area contributed by atoms with Crippen LogP contribution in [0.15, 0.2) is 36.8 Å². The number of fused-ring (bicyclic) bond motifs is 5. The Balaban J connectivity index is 2.29. The van der Waals surface area contributed by atoms with E-state index < -0.39 is 5.97 Å². The van der Waals surface area contributed by atoms with Crippen molar-refractivity contribution in [1.82, 2.24) is 19.6 Å². The Labute approximate surface area is 105 Å². The van der Waals surface area contributed by atoms with Gasteiger partial charge in [0.15, 0.2) is 5.65 Å². The Kier molecular flexibility index (Phi) is 1.73. The molecule has 4 aromatic rings. The molecule has 0 radical (unpaired) electrons. The number of hydrogen-bond donors (Lipinski definition) is 0. The van der Waals surface area contributed by atoms with Crippen LogP contribution >= 0.6 is 0 Å². The maximum atomic E-state index is 11.2. The van der Waals surface area contributed by atoms with E-state index in [9.17, 15) is 9.90 Å². The highest BCUT2D eigenvalue weighted by atomic mass is 16.4. The molecule has 0 unspecified atom stereocenters. The Hall–Kier alpha value is -2.96. The molecule has 0 aliphatic rings. The number of carbonyl (C=O) groups is 1. The summed E-state index contributed by atoms with van der Waals surface area (Å²) >= 11 is 0. The molecule has 7 heteroatoms.